The Bertz CT molecular complexity index is 872. The van der Waals surface area contributed by atoms with E-state index in [1.165, 1.54) is 0 Å². The summed E-state index contributed by atoms with van der Waals surface area (Å²) in [4.78, 5) is 38.4. The fourth-order valence-electron chi connectivity index (χ4n) is 3.44. The largest absolute Gasteiger partial charge is 0.344 e. The Kier molecular flexibility index (Phi) is 6.29. The third kappa shape index (κ3) is 5.20. The van der Waals surface area contributed by atoms with Crippen LogP contribution in [-0.4, -0.2) is 42.0 Å². The van der Waals surface area contributed by atoms with Crippen LogP contribution in [0.15, 0.2) is 60.7 Å². The molecular formula is C22H27N4O3+. The number of carbonyl (C=O) groups is 3. The minimum atomic E-state index is -1.04. The molecule has 1 fully saturated rings. The van der Waals surface area contributed by atoms with Gasteiger partial charge < -0.3 is 10.2 Å². The second-order valence-corrected chi connectivity index (χ2v) is 7.72. The predicted molar refractivity (Wildman–Crippen MR) is 109 cm³/mol. The van der Waals surface area contributed by atoms with Crippen LogP contribution in [-0.2, 0) is 22.6 Å². The molecule has 7 heteroatoms. The molecule has 0 spiro atoms. The molecule has 1 unspecified atom stereocenters. The highest BCUT2D eigenvalue weighted by Crippen LogP contribution is 2.22. The SMILES string of the molecule is C[NH+](CC(=O)NN1C(=O)N[C@@](C)(CCc2ccccc2)C1=O)Cc1ccccc1. The van der Waals surface area contributed by atoms with E-state index in [0.717, 1.165) is 21.0 Å². The van der Waals surface area contributed by atoms with Crippen LogP contribution < -0.4 is 15.6 Å². The van der Waals surface area contributed by atoms with E-state index in [9.17, 15) is 14.4 Å². The number of nitrogens with zero attached hydrogens (tertiary/aromatic N) is 1. The van der Waals surface area contributed by atoms with Gasteiger partial charge in [-0.3, -0.25) is 15.0 Å². The number of hydrogen-bond donors (Lipinski definition) is 3. The van der Waals surface area contributed by atoms with Crippen LogP contribution in [0.2, 0.25) is 0 Å². The van der Waals surface area contributed by atoms with Crippen LogP contribution in [0.25, 0.3) is 0 Å². The van der Waals surface area contributed by atoms with Crippen molar-refractivity contribution in [2.75, 3.05) is 13.6 Å². The number of rotatable bonds is 8. The maximum Gasteiger partial charge on any atom is 0.344 e. The first-order chi connectivity index (χ1) is 13.9. The monoisotopic (exact) mass is 395 g/mol. The van der Waals surface area contributed by atoms with Crippen LogP contribution in [0, 0.1) is 0 Å². The van der Waals surface area contributed by atoms with Crippen molar-refractivity contribution < 1.29 is 19.3 Å². The molecule has 0 saturated carbocycles. The summed E-state index contributed by atoms with van der Waals surface area (Å²) in [7, 11) is 1.89. The lowest BCUT2D eigenvalue weighted by Crippen LogP contribution is -3.09. The Balaban J connectivity index is 1.54. The molecule has 0 bridgehead atoms. The maximum absolute atomic E-state index is 12.8. The van der Waals surface area contributed by atoms with Gasteiger partial charge in [0.1, 0.15) is 12.1 Å². The van der Waals surface area contributed by atoms with E-state index in [2.05, 4.69) is 10.7 Å². The third-order valence-electron chi connectivity index (χ3n) is 5.07. The van der Waals surface area contributed by atoms with Gasteiger partial charge >= 0.3 is 6.03 Å². The van der Waals surface area contributed by atoms with Gasteiger partial charge in [-0.05, 0) is 25.3 Å². The summed E-state index contributed by atoms with van der Waals surface area (Å²) in [5, 5.41) is 3.52. The van der Waals surface area contributed by atoms with Crippen molar-refractivity contribution in [1.82, 2.24) is 15.8 Å². The van der Waals surface area contributed by atoms with Gasteiger partial charge in [0.25, 0.3) is 11.8 Å². The van der Waals surface area contributed by atoms with Crippen molar-refractivity contribution in [1.29, 1.82) is 0 Å². The third-order valence-corrected chi connectivity index (χ3v) is 5.07. The molecule has 0 aliphatic carbocycles. The molecule has 3 rings (SSSR count). The Morgan fingerprint density at radius 3 is 2.24 bits per heavy atom. The van der Waals surface area contributed by atoms with Gasteiger partial charge in [-0.1, -0.05) is 60.7 Å². The summed E-state index contributed by atoms with van der Waals surface area (Å²) in [6.07, 6.45) is 1.10. The van der Waals surface area contributed by atoms with E-state index in [0.29, 0.717) is 19.4 Å². The first-order valence-electron chi connectivity index (χ1n) is 9.73. The molecule has 152 valence electrons. The summed E-state index contributed by atoms with van der Waals surface area (Å²) in [5.41, 5.74) is 3.62. The zero-order valence-electron chi connectivity index (χ0n) is 16.8. The average Bonchev–Trinajstić information content (AvgIpc) is 2.91. The number of nitrogens with one attached hydrogen (secondary N) is 3. The minimum absolute atomic E-state index is 0.146. The lowest BCUT2D eigenvalue weighted by atomic mass is 9.93. The van der Waals surface area contributed by atoms with E-state index in [1.54, 1.807) is 6.92 Å². The van der Waals surface area contributed by atoms with Crippen molar-refractivity contribution in [2.45, 2.75) is 31.8 Å². The van der Waals surface area contributed by atoms with Gasteiger partial charge in [0.2, 0.25) is 0 Å². The van der Waals surface area contributed by atoms with Gasteiger partial charge in [0.15, 0.2) is 6.54 Å². The van der Waals surface area contributed by atoms with E-state index in [1.807, 2.05) is 67.7 Å². The van der Waals surface area contributed by atoms with E-state index in [4.69, 9.17) is 0 Å². The smallest absolute Gasteiger partial charge is 0.326 e. The quantitative estimate of drug-likeness (QED) is 0.575. The summed E-state index contributed by atoms with van der Waals surface area (Å²) >= 11 is 0. The van der Waals surface area contributed by atoms with E-state index in [-0.39, 0.29) is 12.5 Å². The molecule has 4 amide bonds. The lowest BCUT2D eigenvalue weighted by Gasteiger charge is -2.22. The number of amides is 4. The number of imide groups is 1. The number of urea groups is 1. The number of carbonyl (C=O) groups excluding carboxylic acids is 3. The Morgan fingerprint density at radius 1 is 1.03 bits per heavy atom. The molecule has 1 aliphatic rings. The number of hydrazine groups is 1. The average molecular weight is 395 g/mol. The summed E-state index contributed by atoms with van der Waals surface area (Å²) in [6.45, 7) is 2.50. The van der Waals surface area contributed by atoms with Crippen molar-refractivity contribution in [3.8, 4) is 0 Å². The lowest BCUT2D eigenvalue weighted by molar-refractivity contribution is -0.885. The number of aryl methyl sites for hydroxylation is 1. The van der Waals surface area contributed by atoms with Crippen LogP contribution in [0.3, 0.4) is 0 Å². The van der Waals surface area contributed by atoms with Gasteiger partial charge in [-0.25, -0.2) is 4.79 Å². The van der Waals surface area contributed by atoms with Gasteiger partial charge in [-0.2, -0.15) is 5.01 Å². The molecule has 7 nitrogen and oxygen atoms in total. The van der Waals surface area contributed by atoms with Crippen molar-refractivity contribution in [3.05, 3.63) is 71.8 Å². The highest BCUT2D eigenvalue weighted by atomic mass is 16.2. The summed E-state index contributed by atoms with van der Waals surface area (Å²) in [6, 6.07) is 19.0. The van der Waals surface area contributed by atoms with Gasteiger partial charge in [0, 0.05) is 5.56 Å². The Hall–Kier alpha value is -3.19. The molecule has 3 N–H and O–H groups in total. The number of likely N-dealkylation sites (N-methyl/N-ethyl adjacent to an activating group) is 1. The minimum Gasteiger partial charge on any atom is -0.326 e. The van der Waals surface area contributed by atoms with Crippen LogP contribution in [0.1, 0.15) is 24.5 Å². The Morgan fingerprint density at radius 2 is 1.62 bits per heavy atom. The molecule has 1 aliphatic heterocycles. The molecule has 2 atom stereocenters. The van der Waals surface area contributed by atoms with Crippen molar-refractivity contribution in [3.63, 3.8) is 0 Å². The second-order valence-electron chi connectivity index (χ2n) is 7.72. The highest BCUT2D eigenvalue weighted by Gasteiger charge is 2.48. The maximum atomic E-state index is 12.8. The molecule has 1 heterocycles. The molecule has 0 aromatic heterocycles. The van der Waals surface area contributed by atoms with Gasteiger partial charge in [-0.15, -0.1) is 0 Å². The molecule has 2 aromatic carbocycles. The number of quaternary nitrogens is 1. The zero-order valence-corrected chi connectivity index (χ0v) is 16.8. The predicted octanol–water partition coefficient (Wildman–Crippen LogP) is 0.676. The number of benzene rings is 2. The topological polar surface area (TPSA) is 82.9 Å². The molecule has 0 radical (unpaired) electrons. The van der Waals surface area contributed by atoms with E-state index < -0.39 is 17.5 Å². The van der Waals surface area contributed by atoms with Crippen LogP contribution >= 0.6 is 0 Å². The standard InChI is InChI=1S/C22H26N4O3/c1-22(14-13-17-9-5-3-6-10-17)20(28)26(21(29)23-22)24-19(27)16-25(2)15-18-11-7-4-8-12-18/h3-12H,13-16H2,1-2H3,(H,23,29)(H,24,27)/p+1/t22-/m0/s1. The van der Waals surface area contributed by atoms with Crippen molar-refractivity contribution >= 4 is 17.8 Å². The fraction of sp³-hybridized carbons (Fsp3) is 0.318. The molecule has 2 aromatic rings. The normalized spacial score (nSPS) is 19.7. The zero-order chi connectivity index (χ0) is 20.9. The molecule has 1 saturated heterocycles. The molecule has 29 heavy (non-hydrogen) atoms. The summed E-state index contributed by atoms with van der Waals surface area (Å²) < 4.78 is 0. The Labute approximate surface area is 170 Å². The van der Waals surface area contributed by atoms with Crippen LogP contribution in [0.4, 0.5) is 4.79 Å². The first kappa shape index (κ1) is 20.5. The summed E-state index contributed by atoms with van der Waals surface area (Å²) in [5.74, 6) is -0.818. The fourth-order valence-corrected chi connectivity index (χ4v) is 3.44. The first-order valence-corrected chi connectivity index (χ1v) is 9.73. The van der Waals surface area contributed by atoms with Crippen molar-refractivity contribution in [2.24, 2.45) is 0 Å². The van der Waals surface area contributed by atoms with E-state index >= 15 is 0 Å². The highest BCUT2D eigenvalue weighted by molar-refractivity contribution is 6.07. The second kappa shape index (κ2) is 8.87. The number of hydrogen-bond acceptors (Lipinski definition) is 3. The van der Waals surface area contributed by atoms with Gasteiger partial charge in [0.05, 0.1) is 7.05 Å². The molecular weight excluding hydrogens is 368 g/mol. The van der Waals surface area contributed by atoms with Crippen LogP contribution in [0.5, 0.6) is 0 Å².